The molecular formula is C24H37NO3. The summed E-state index contributed by atoms with van der Waals surface area (Å²) in [5, 5.41) is 3.04. The number of Topliss-reactive ketones (excluding diaryl/α,β-unsaturated/α-hetero) is 1. The molecule has 1 aromatic rings. The topological polar surface area (TPSA) is 55.4 Å². The number of ketones is 1. The molecule has 1 aromatic carbocycles. The Labute approximate surface area is 170 Å². The second kappa shape index (κ2) is 13.4. The van der Waals surface area contributed by atoms with E-state index in [-0.39, 0.29) is 11.8 Å². The molecule has 0 spiro atoms. The number of amides is 1. The van der Waals surface area contributed by atoms with Crippen LogP contribution in [-0.4, -0.2) is 25.3 Å². The van der Waals surface area contributed by atoms with Gasteiger partial charge in [-0.15, -0.1) is 0 Å². The first kappa shape index (κ1) is 22.4. The van der Waals surface area contributed by atoms with E-state index in [9.17, 15) is 9.59 Å². The Morgan fingerprint density at radius 2 is 1.50 bits per heavy atom. The zero-order valence-electron chi connectivity index (χ0n) is 17.5. The molecule has 0 bridgehead atoms. The maximum Gasteiger partial charge on any atom is 0.251 e. The number of nitrogens with one attached hydrogen (secondary N) is 1. The highest BCUT2D eigenvalue weighted by atomic mass is 16.5. The highest BCUT2D eigenvalue weighted by Crippen LogP contribution is 2.19. The van der Waals surface area contributed by atoms with Crippen LogP contribution < -0.4 is 10.1 Å². The quantitative estimate of drug-likeness (QED) is 0.721. The molecule has 1 N–H and O–H groups in total. The molecular weight excluding hydrogens is 350 g/mol. The van der Waals surface area contributed by atoms with Crippen molar-refractivity contribution in [3.63, 3.8) is 0 Å². The molecule has 4 nitrogen and oxygen atoms in total. The van der Waals surface area contributed by atoms with Gasteiger partial charge in [0.05, 0.1) is 7.11 Å². The molecule has 0 saturated heterocycles. The summed E-state index contributed by atoms with van der Waals surface area (Å²) in [7, 11) is 1.61. The number of rotatable bonds is 4. The molecule has 1 unspecified atom stereocenters. The summed E-state index contributed by atoms with van der Waals surface area (Å²) in [6.45, 7) is 0.580. The predicted octanol–water partition coefficient (Wildman–Crippen LogP) is 5.70. The van der Waals surface area contributed by atoms with Crippen LogP contribution in [0, 0.1) is 5.92 Å². The summed E-state index contributed by atoms with van der Waals surface area (Å²) in [4.78, 5) is 24.8. The minimum atomic E-state index is -0.0778. The Morgan fingerprint density at radius 3 is 2.11 bits per heavy atom. The summed E-state index contributed by atoms with van der Waals surface area (Å²) in [6.07, 6.45) is 14.8. The molecule has 0 heterocycles. The number of methoxy groups -OCH3 is 1. The van der Waals surface area contributed by atoms with E-state index in [1.54, 1.807) is 31.4 Å². The summed E-state index contributed by atoms with van der Waals surface area (Å²) in [6, 6.07) is 7.14. The molecule has 2 rings (SSSR count). The molecule has 1 saturated carbocycles. The third-order valence-corrected chi connectivity index (χ3v) is 5.74. The summed E-state index contributed by atoms with van der Waals surface area (Å²) < 4.78 is 5.14. The van der Waals surface area contributed by atoms with E-state index in [2.05, 4.69) is 5.32 Å². The van der Waals surface area contributed by atoms with Crippen LogP contribution in [0.1, 0.15) is 93.8 Å². The molecule has 1 atom stereocenters. The van der Waals surface area contributed by atoms with Gasteiger partial charge in [-0.2, -0.15) is 0 Å². The number of benzene rings is 1. The van der Waals surface area contributed by atoms with Crippen LogP contribution in [-0.2, 0) is 4.79 Å². The van der Waals surface area contributed by atoms with Gasteiger partial charge in [-0.3, -0.25) is 9.59 Å². The lowest BCUT2D eigenvalue weighted by atomic mass is 9.93. The Hall–Kier alpha value is -1.84. The number of carbonyl (C=O) groups excluding carboxylic acids is 2. The van der Waals surface area contributed by atoms with Crippen molar-refractivity contribution in [1.29, 1.82) is 0 Å². The van der Waals surface area contributed by atoms with Crippen LogP contribution in [0.4, 0.5) is 0 Å². The molecule has 0 aromatic heterocycles. The van der Waals surface area contributed by atoms with Gasteiger partial charge >= 0.3 is 0 Å². The van der Waals surface area contributed by atoms with E-state index in [1.165, 1.54) is 51.4 Å². The molecule has 156 valence electrons. The summed E-state index contributed by atoms with van der Waals surface area (Å²) in [5.41, 5.74) is 0.629. The molecule has 1 aliphatic rings. The fourth-order valence-corrected chi connectivity index (χ4v) is 3.95. The largest absolute Gasteiger partial charge is 0.497 e. The average molecular weight is 388 g/mol. The van der Waals surface area contributed by atoms with Crippen LogP contribution in [0.2, 0.25) is 0 Å². The van der Waals surface area contributed by atoms with Crippen LogP contribution in [0.5, 0.6) is 5.75 Å². The lowest BCUT2D eigenvalue weighted by Crippen LogP contribution is -2.30. The SMILES string of the molecule is COc1ccc(C(=O)NCC2CCCCCCCCCCCCC(=O)C2)cc1. The van der Waals surface area contributed by atoms with Gasteiger partial charge in [-0.1, -0.05) is 57.8 Å². The first-order valence-electron chi connectivity index (χ1n) is 11.1. The van der Waals surface area contributed by atoms with Gasteiger partial charge in [0.15, 0.2) is 0 Å². The third kappa shape index (κ3) is 8.90. The normalized spacial score (nSPS) is 20.6. The van der Waals surface area contributed by atoms with Gasteiger partial charge < -0.3 is 10.1 Å². The van der Waals surface area contributed by atoms with Crippen molar-refractivity contribution < 1.29 is 14.3 Å². The van der Waals surface area contributed by atoms with Crippen molar-refractivity contribution in [3.05, 3.63) is 29.8 Å². The first-order chi connectivity index (χ1) is 13.7. The number of hydrogen-bond acceptors (Lipinski definition) is 3. The fraction of sp³-hybridized carbons (Fsp3) is 0.667. The predicted molar refractivity (Wildman–Crippen MR) is 114 cm³/mol. The van der Waals surface area contributed by atoms with E-state index in [1.807, 2.05) is 0 Å². The van der Waals surface area contributed by atoms with E-state index in [4.69, 9.17) is 4.74 Å². The van der Waals surface area contributed by atoms with Crippen LogP contribution in [0.15, 0.2) is 24.3 Å². The Kier molecular flexibility index (Phi) is 10.7. The van der Waals surface area contributed by atoms with Crippen molar-refractivity contribution in [1.82, 2.24) is 5.32 Å². The van der Waals surface area contributed by atoms with Crippen molar-refractivity contribution >= 4 is 11.7 Å². The number of hydrogen-bond donors (Lipinski definition) is 1. The first-order valence-corrected chi connectivity index (χ1v) is 11.1. The summed E-state index contributed by atoms with van der Waals surface area (Å²) in [5.74, 6) is 1.27. The standard InChI is InChI=1S/C24H37NO3/c1-28-23-16-14-21(15-17-23)24(27)25-19-20-12-10-8-6-4-2-3-5-7-9-11-13-22(26)18-20/h14-17,20H,2-13,18-19H2,1H3,(H,25,27). The van der Waals surface area contributed by atoms with Gasteiger partial charge in [0.1, 0.15) is 11.5 Å². The number of ether oxygens (including phenoxy) is 1. The smallest absolute Gasteiger partial charge is 0.251 e. The zero-order valence-corrected chi connectivity index (χ0v) is 17.5. The highest BCUT2D eigenvalue weighted by Gasteiger charge is 2.16. The van der Waals surface area contributed by atoms with Crippen LogP contribution >= 0.6 is 0 Å². The molecule has 4 heteroatoms. The maximum atomic E-state index is 12.4. The summed E-state index contributed by atoms with van der Waals surface area (Å²) >= 11 is 0. The Bertz CT molecular complexity index is 582. The van der Waals surface area contributed by atoms with Gasteiger partial charge in [-0.05, 0) is 43.0 Å². The Morgan fingerprint density at radius 1 is 0.929 bits per heavy atom. The molecule has 28 heavy (non-hydrogen) atoms. The van der Waals surface area contributed by atoms with E-state index < -0.39 is 0 Å². The second-order valence-corrected chi connectivity index (χ2v) is 8.12. The van der Waals surface area contributed by atoms with Gasteiger partial charge in [-0.25, -0.2) is 0 Å². The Balaban J connectivity index is 1.84. The monoisotopic (exact) mass is 387 g/mol. The van der Waals surface area contributed by atoms with Gasteiger partial charge in [0.2, 0.25) is 0 Å². The molecule has 1 fully saturated rings. The minimum Gasteiger partial charge on any atom is -0.497 e. The molecule has 1 aliphatic carbocycles. The van der Waals surface area contributed by atoms with Crippen molar-refractivity contribution in [2.75, 3.05) is 13.7 Å². The molecule has 1 amide bonds. The average Bonchev–Trinajstić information content (AvgIpc) is 2.72. The lowest BCUT2D eigenvalue weighted by Gasteiger charge is -2.17. The third-order valence-electron chi connectivity index (χ3n) is 5.74. The zero-order chi connectivity index (χ0) is 20.0. The van der Waals surface area contributed by atoms with E-state index in [0.717, 1.165) is 25.0 Å². The molecule has 0 radical (unpaired) electrons. The van der Waals surface area contributed by atoms with Crippen LogP contribution in [0.25, 0.3) is 0 Å². The molecule has 0 aliphatic heterocycles. The fourth-order valence-electron chi connectivity index (χ4n) is 3.95. The van der Waals surface area contributed by atoms with Crippen LogP contribution in [0.3, 0.4) is 0 Å². The van der Waals surface area contributed by atoms with Gasteiger partial charge in [0, 0.05) is 24.9 Å². The minimum absolute atomic E-state index is 0.0778. The van der Waals surface area contributed by atoms with Gasteiger partial charge in [0.25, 0.3) is 5.91 Å². The van der Waals surface area contributed by atoms with Crippen molar-refractivity contribution in [2.24, 2.45) is 5.92 Å². The number of carbonyl (C=O) groups is 2. The van der Waals surface area contributed by atoms with E-state index in [0.29, 0.717) is 30.7 Å². The maximum absolute atomic E-state index is 12.4. The van der Waals surface area contributed by atoms with Crippen molar-refractivity contribution in [3.8, 4) is 5.75 Å². The lowest BCUT2D eigenvalue weighted by molar-refractivity contribution is -0.120. The second-order valence-electron chi connectivity index (χ2n) is 8.12. The highest BCUT2D eigenvalue weighted by molar-refractivity contribution is 5.94. The van der Waals surface area contributed by atoms with Crippen molar-refractivity contribution in [2.45, 2.75) is 83.5 Å². The van der Waals surface area contributed by atoms with E-state index >= 15 is 0 Å².